The molecule has 0 aromatic carbocycles. The third kappa shape index (κ3) is 3.77. The van der Waals surface area contributed by atoms with Crippen molar-refractivity contribution in [1.82, 2.24) is 10.3 Å². The van der Waals surface area contributed by atoms with Crippen LogP contribution in [0.2, 0.25) is 0 Å². The fourth-order valence-electron chi connectivity index (χ4n) is 2.43. The van der Waals surface area contributed by atoms with Crippen LogP contribution in [0.1, 0.15) is 36.9 Å². The topological polar surface area (TPSA) is 34.2 Å². The Labute approximate surface area is 114 Å². The molecule has 0 spiro atoms. The van der Waals surface area contributed by atoms with Crippen LogP contribution in [-0.2, 0) is 11.2 Å². The lowest BCUT2D eigenvalue weighted by Gasteiger charge is -2.26. The normalized spacial score (nSPS) is 18.8. The molecule has 0 radical (unpaired) electrons. The van der Waals surface area contributed by atoms with E-state index in [9.17, 15) is 0 Å². The van der Waals surface area contributed by atoms with E-state index in [1.165, 1.54) is 17.8 Å². The van der Waals surface area contributed by atoms with Gasteiger partial charge in [0.25, 0.3) is 0 Å². The Morgan fingerprint density at radius 1 is 1.56 bits per heavy atom. The second-order valence-corrected chi connectivity index (χ2v) is 6.13. The molecule has 1 aromatic heterocycles. The van der Waals surface area contributed by atoms with Crippen molar-refractivity contribution in [2.24, 2.45) is 5.92 Å². The van der Waals surface area contributed by atoms with Gasteiger partial charge in [0.1, 0.15) is 0 Å². The van der Waals surface area contributed by atoms with E-state index in [-0.39, 0.29) is 0 Å². The molecule has 2 atom stereocenters. The van der Waals surface area contributed by atoms with Crippen LogP contribution in [0.3, 0.4) is 0 Å². The Balaban J connectivity index is 1.98. The maximum Gasteiger partial charge on any atom is 0.0944 e. The number of nitrogens with one attached hydrogen (secondary N) is 1. The Morgan fingerprint density at radius 2 is 2.33 bits per heavy atom. The number of ether oxygens (including phenoxy) is 1. The maximum absolute atomic E-state index is 5.73. The highest BCUT2D eigenvalue weighted by atomic mass is 32.1. The van der Waals surface area contributed by atoms with E-state index in [4.69, 9.17) is 4.74 Å². The van der Waals surface area contributed by atoms with Crippen LogP contribution in [0, 0.1) is 12.8 Å². The van der Waals surface area contributed by atoms with E-state index in [1.54, 1.807) is 11.3 Å². The summed E-state index contributed by atoms with van der Waals surface area (Å²) in [6.45, 7) is 5.32. The molecule has 18 heavy (non-hydrogen) atoms. The van der Waals surface area contributed by atoms with E-state index in [2.05, 4.69) is 29.5 Å². The van der Waals surface area contributed by atoms with Crippen LogP contribution < -0.4 is 5.32 Å². The number of thiazole rings is 1. The lowest BCUT2D eigenvalue weighted by molar-refractivity contribution is 0.0511. The summed E-state index contributed by atoms with van der Waals surface area (Å²) >= 11 is 1.76. The van der Waals surface area contributed by atoms with Gasteiger partial charge in [-0.25, -0.2) is 4.98 Å². The van der Waals surface area contributed by atoms with Gasteiger partial charge in [-0.2, -0.15) is 0 Å². The first-order valence-electron chi connectivity index (χ1n) is 6.91. The molecule has 2 unspecified atom stereocenters. The Hall–Kier alpha value is -0.450. The molecule has 4 heteroatoms. The first-order valence-corrected chi connectivity index (χ1v) is 7.79. The van der Waals surface area contributed by atoms with Crippen molar-refractivity contribution < 1.29 is 4.74 Å². The molecule has 1 heterocycles. The summed E-state index contributed by atoms with van der Waals surface area (Å²) in [6.07, 6.45) is 5.14. The predicted octanol–water partition coefficient (Wildman–Crippen LogP) is 2.79. The maximum atomic E-state index is 5.73. The van der Waals surface area contributed by atoms with E-state index in [0.717, 1.165) is 31.0 Å². The summed E-state index contributed by atoms with van der Waals surface area (Å²) in [7, 11) is 1.84. The standard InChI is InChI=1S/C14H24N2OS/c1-4-7-15-12(14(17-3)11-5-6-11)8-13-16-10(2)9-18-13/h9,11-12,14-15H,4-8H2,1-3H3. The van der Waals surface area contributed by atoms with Crippen molar-refractivity contribution in [3.05, 3.63) is 16.1 Å². The number of aromatic nitrogens is 1. The van der Waals surface area contributed by atoms with Crippen molar-refractivity contribution in [1.29, 1.82) is 0 Å². The van der Waals surface area contributed by atoms with Crippen LogP contribution in [0.5, 0.6) is 0 Å². The average molecular weight is 268 g/mol. The molecule has 1 aliphatic rings. The van der Waals surface area contributed by atoms with Gasteiger partial charge in [-0.3, -0.25) is 0 Å². The van der Waals surface area contributed by atoms with Gasteiger partial charge in [0.05, 0.1) is 11.1 Å². The molecule has 0 saturated heterocycles. The molecule has 1 N–H and O–H groups in total. The van der Waals surface area contributed by atoms with E-state index >= 15 is 0 Å². The quantitative estimate of drug-likeness (QED) is 0.787. The third-order valence-corrected chi connectivity index (χ3v) is 4.46. The van der Waals surface area contributed by atoms with Crippen molar-refractivity contribution in [3.8, 4) is 0 Å². The molecule has 2 rings (SSSR count). The molecular formula is C14H24N2OS. The molecular weight excluding hydrogens is 244 g/mol. The highest BCUT2D eigenvalue weighted by Gasteiger charge is 2.36. The Morgan fingerprint density at radius 3 is 2.83 bits per heavy atom. The van der Waals surface area contributed by atoms with Crippen molar-refractivity contribution >= 4 is 11.3 Å². The average Bonchev–Trinajstić information content (AvgIpc) is 3.11. The van der Waals surface area contributed by atoms with Gasteiger partial charge in [-0.05, 0) is 38.6 Å². The fourth-order valence-corrected chi connectivity index (χ4v) is 3.26. The monoisotopic (exact) mass is 268 g/mol. The highest BCUT2D eigenvalue weighted by molar-refractivity contribution is 7.09. The van der Waals surface area contributed by atoms with Crippen LogP contribution in [0.4, 0.5) is 0 Å². The summed E-state index contributed by atoms with van der Waals surface area (Å²) < 4.78 is 5.73. The lowest BCUT2D eigenvalue weighted by Crippen LogP contribution is -2.44. The fraction of sp³-hybridized carbons (Fsp3) is 0.786. The third-order valence-electron chi connectivity index (χ3n) is 3.47. The van der Waals surface area contributed by atoms with Crippen molar-refractivity contribution in [2.45, 2.75) is 51.7 Å². The number of hydrogen-bond acceptors (Lipinski definition) is 4. The zero-order chi connectivity index (χ0) is 13.0. The number of nitrogens with zero attached hydrogens (tertiary/aromatic N) is 1. The van der Waals surface area contributed by atoms with Gasteiger partial charge in [0, 0.05) is 30.6 Å². The second-order valence-electron chi connectivity index (χ2n) is 5.19. The van der Waals surface area contributed by atoms with Crippen LogP contribution in [0.15, 0.2) is 5.38 Å². The molecule has 1 aliphatic carbocycles. The molecule has 3 nitrogen and oxygen atoms in total. The van der Waals surface area contributed by atoms with Crippen molar-refractivity contribution in [2.75, 3.05) is 13.7 Å². The largest absolute Gasteiger partial charge is 0.380 e. The molecule has 1 aromatic rings. The van der Waals surface area contributed by atoms with Gasteiger partial charge in [-0.1, -0.05) is 6.92 Å². The Bertz CT molecular complexity index is 362. The highest BCUT2D eigenvalue weighted by Crippen LogP contribution is 2.36. The van der Waals surface area contributed by atoms with Gasteiger partial charge in [0.2, 0.25) is 0 Å². The van der Waals surface area contributed by atoms with Crippen LogP contribution in [0.25, 0.3) is 0 Å². The summed E-state index contributed by atoms with van der Waals surface area (Å²) in [4.78, 5) is 4.58. The number of hydrogen-bond donors (Lipinski definition) is 1. The van der Waals surface area contributed by atoms with Gasteiger partial charge >= 0.3 is 0 Å². The van der Waals surface area contributed by atoms with Gasteiger partial charge < -0.3 is 10.1 Å². The summed E-state index contributed by atoms with van der Waals surface area (Å²) in [5.74, 6) is 0.755. The number of methoxy groups -OCH3 is 1. The first-order chi connectivity index (χ1) is 8.74. The molecule has 0 aliphatic heterocycles. The minimum Gasteiger partial charge on any atom is -0.380 e. The number of aryl methyl sites for hydroxylation is 1. The smallest absolute Gasteiger partial charge is 0.0944 e. The SMILES string of the molecule is CCCNC(Cc1nc(C)cs1)C(OC)C1CC1. The minimum absolute atomic E-state index is 0.348. The molecule has 1 fully saturated rings. The lowest BCUT2D eigenvalue weighted by atomic mass is 10.0. The van der Waals surface area contributed by atoms with Gasteiger partial charge in [0.15, 0.2) is 0 Å². The summed E-state index contributed by atoms with van der Waals surface area (Å²) in [5.41, 5.74) is 1.13. The Kier molecular flexibility index (Phi) is 5.15. The zero-order valence-electron chi connectivity index (χ0n) is 11.6. The molecule has 102 valence electrons. The molecule has 0 amide bonds. The first kappa shape index (κ1) is 14.0. The van der Waals surface area contributed by atoms with E-state index < -0.39 is 0 Å². The summed E-state index contributed by atoms with van der Waals surface area (Å²) in [5, 5.41) is 7.00. The zero-order valence-corrected chi connectivity index (χ0v) is 12.4. The molecule has 1 saturated carbocycles. The number of rotatable bonds is 8. The summed E-state index contributed by atoms with van der Waals surface area (Å²) in [6, 6.07) is 0.410. The van der Waals surface area contributed by atoms with E-state index in [1.807, 2.05) is 7.11 Å². The predicted molar refractivity (Wildman–Crippen MR) is 76.2 cm³/mol. The van der Waals surface area contributed by atoms with Crippen LogP contribution in [-0.4, -0.2) is 30.8 Å². The second kappa shape index (κ2) is 6.64. The van der Waals surface area contributed by atoms with Gasteiger partial charge in [-0.15, -0.1) is 11.3 Å². The van der Waals surface area contributed by atoms with Crippen molar-refractivity contribution in [3.63, 3.8) is 0 Å². The molecule has 0 bridgehead atoms. The minimum atomic E-state index is 0.348. The van der Waals surface area contributed by atoms with Crippen LogP contribution >= 0.6 is 11.3 Å². The van der Waals surface area contributed by atoms with E-state index in [0.29, 0.717) is 12.1 Å².